The first-order valence-corrected chi connectivity index (χ1v) is 5.46. The SMILES string of the molecule is CCC(C(=O)O)C(C)(O)Cc1ccccc1. The number of aliphatic carboxylic acids is 1. The van der Waals surface area contributed by atoms with Crippen LogP contribution in [0.1, 0.15) is 25.8 Å². The fourth-order valence-electron chi connectivity index (χ4n) is 2.01. The largest absolute Gasteiger partial charge is 0.481 e. The molecule has 2 unspecified atom stereocenters. The molecule has 2 atom stereocenters. The molecule has 0 heterocycles. The lowest BCUT2D eigenvalue weighted by Gasteiger charge is -2.29. The molecule has 0 aliphatic heterocycles. The average Bonchev–Trinajstić information content (AvgIpc) is 2.18. The van der Waals surface area contributed by atoms with Crippen molar-refractivity contribution in [1.82, 2.24) is 0 Å². The van der Waals surface area contributed by atoms with E-state index in [0.717, 1.165) is 5.56 Å². The van der Waals surface area contributed by atoms with Gasteiger partial charge in [0.2, 0.25) is 0 Å². The molecule has 0 aliphatic rings. The number of benzene rings is 1. The summed E-state index contributed by atoms with van der Waals surface area (Å²) < 4.78 is 0. The maximum absolute atomic E-state index is 11.0. The van der Waals surface area contributed by atoms with Crippen LogP contribution in [0.15, 0.2) is 30.3 Å². The van der Waals surface area contributed by atoms with E-state index in [0.29, 0.717) is 12.8 Å². The van der Waals surface area contributed by atoms with Gasteiger partial charge in [-0.1, -0.05) is 37.3 Å². The van der Waals surface area contributed by atoms with Gasteiger partial charge in [0.15, 0.2) is 0 Å². The zero-order valence-corrected chi connectivity index (χ0v) is 9.68. The van der Waals surface area contributed by atoms with Crippen molar-refractivity contribution >= 4 is 5.97 Å². The third kappa shape index (κ3) is 3.07. The number of hydrogen-bond donors (Lipinski definition) is 2. The summed E-state index contributed by atoms with van der Waals surface area (Å²) in [4.78, 5) is 11.0. The van der Waals surface area contributed by atoms with Gasteiger partial charge in [0.1, 0.15) is 0 Å². The van der Waals surface area contributed by atoms with Gasteiger partial charge >= 0.3 is 5.97 Å². The van der Waals surface area contributed by atoms with Gasteiger partial charge in [-0.3, -0.25) is 4.79 Å². The third-order valence-electron chi connectivity index (χ3n) is 2.86. The van der Waals surface area contributed by atoms with Gasteiger partial charge in [0, 0.05) is 6.42 Å². The summed E-state index contributed by atoms with van der Waals surface area (Å²) in [5.74, 6) is -1.67. The average molecular weight is 222 g/mol. The number of aliphatic hydroxyl groups is 1. The number of hydrogen-bond acceptors (Lipinski definition) is 2. The summed E-state index contributed by atoms with van der Waals surface area (Å²) in [7, 11) is 0. The number of carbonyl (C=O) groups is 1. The topological polar surface area (TPSA) is 57.5 Å². The lowest BCUT2D eigenvalue weighted by atomic mass is 9.82. The summed E-state index contributed by atoms with van der Waals surface area (Å²) in [5.41, 5.74) is -0.255. The molecular weight excluding hydrogens is 204 g/mol. The summed E-state index contributed by atoms with van der Waals surface area (Å²) in [5, 5.41) is 19.2. The number of rotatable bonds is 5. The van der Waals surface area contributed by atoms with Gasteiger partial charge in [0.05, 0.1) is 11.5 Å². The maximum Gasteiger partial charge on any atom is 0.309 e. The Morgan fingerprint density at radius 1 is 1.38 bits per heavy atom. The molecule has 2 N–H and O–H groups in total. The zero-order valence-electron chi connectivity index (χ0n) is 9.68. The van der Waals surface area contributed by atoms with Crippen molar-refractivity contribution in [2.24, 2.45) is 5.92 Å². The standard InChI is InChI=1S/C13H18O3/c1-3-11(12(14)15)13(2,16)9-10-7-5-4-6-8-10/h4-8,11,16H,3,9H2,1-2H3,(H,14,15). The van der Waals surface area contributed by atoms with Crippen LogP contribution in [-0.2, 0) is 11.2 Å². The van der Waals surface area contributed by atoms with Crippen LogP contribution in [-0.4, -0.2) is 21.8 Å². The lowest BCUT2D eigenvalue weighted by molar-refractivity contribution is -0.151. The Bertz CT molecular complexity index is 343. The molecule has 16 heavy (non-hydrogen) atoms. The molecule has 0 amide bonds. The zero-order chi connectivity index (χ0) is 12.2. The van der Waals surface area contributed by atoms with Gasteiger partial charge in [-0.05, 0) is 18.9 Å². The summed E-state index contributed by atoms with van der Waals surface area (Å²) in [6, 6.07) is 9.44. The molecular formula is C13H18O3. The summed E-state index contributed by atoms with van der Waals surface area (Å²) in [6.45, 7) is 3.36. The monoisotopic (exact) mass is 222 g/mol. The molecule has 0 radical (unpaired) electrons. The van der Waals surface area contributed by atoms with E-state index < -0.39 is 17.5 Å². The van der Waals surface area contributed by atoms with Crippen LogP contribution < -0.4 is 0 Å². The van der Waals surface area contributed by atoms with Gasteiger partial charge in [-0.2, -0.15) is 0 Å². The van der Waals surface area contributed by atoms with E-state index in [2.05, 4.69) is 0 Å². The van der Waals surface area contributed by atoms with Crippen LogP contribution in [0.5, 0.6) is 0 Å². The summed E-state index contributed by atoms with van der Waals surface area (Å²) in [6.07, 6.45) is 0.786. The van der Waals surface area contributed by atoms with E-state index >= 15 is 0 Å². The van der Waals surface area contributed by atoms with Crippen molar-refractivity contribution in [2.45, 2.75) is 32.3 Å². The molecule has 1 aromatic rings. The van der Waals surface area contributed by atoms with E-state index in [9.17, 15) is 9.90 Å². The molecule has 3 nitrogen and oxygen atoms in total. The minimum Gasteiger partial charge on any atom is -0.481 e. The second kappa shape index (κ2) is 5.12. The van der Waals surface area contributed by atoms with Crippen LogP contribution in [0.2, 0.25) is 0 Å². The highest BCUT2D eigenvalue weighted by molar-refractivity contribution is 5.71. The van der Waals surface area contributed by atoms with Crippen LogP contribution in [0, 0.1) is 5.92 Å². The molecule has 0 aromatic heterocycles. The van der Waals surface area contributed by atoms with Crippen molar-refractivity contribution in [1.29, 1.82) is 0 Å². The highest BCUT2D eigenvalue weighted by atomic mass is 16.4. The first kappa shape index (κ1) is 12.7. The Hall–Kier alpha value is -1.35. The van der Waals surface area contributed by atoms with E-state index in [1.165, 1.54) is 0 Å². The van der Waals surface area contributed by atoms with Gasteiger partial charge in [-0.25, -0.2) is 0 Å². The van der Waals surface area contributed by atoms with E-state index in [1.54, 1.807) is 13.8 Å². The molecule has 0 saturated carbocycles. The molecule has 0 spiro atoms. The molecule has 1 aromatic carbocycles. The summed E-state index contributed by atoms with van der Waals surface area (Å²) >= 11 is 0. The second-order valence-electron chi connectivity index (χ2n) is 4.32. The molecule has 0 bridgehead atoms. The Morgan fingerprint density at radius 3 is 2.38 bits per heavy atom. The molecule has 0 saturated heterocycles. The van der Waals surface area contributed by atoms with Crippen molar-refractivity contribution < 1.29 is 15.0 Å². The highest BCUT2D eigenvalue weighted by Crippen LogP contribution is 2.25. The van der Waals surface area contributed by atoms with Crippen molar-refractivity contribution in [3.8, 4) is 0 Å². The van der Waals surface area contributed by atoms with E-state index in [-0.39, 0.29) is 0 Å². The van der Waals surface area contributed by atoms with Crippen LogP contribution in [0.3, 0.4) is 0 Å². The maximum atomic E-state index is 11.0. The molecule has 0 aliphatic carbocycles. The minimum absolute atomic E-state index is 0.360. The minimum atomic E-state index is -1.21. The second-order valence-corrected chi connectivity index (χ2v) is 4.32. The predicted octanol–water partition coefficient (Wildman–Crippen LogP) is 2.09. The number of carboxylic acids is 1. The van der Waals surface area contributed by atoms with Crippen LogP contribution in [0.4, 0.5) is 0 Å². The Morgan fingerprint density at radius 2 is 1.94 bits per heavy atom. The van der Waals surface area contributed by atoms with Crippen molar-refractivity contribution in [2.75, 3.05) is 0 Å². The van der Waals surface area contributed by atoms with Crippen molar-refractivity contribution in [3.63, 3.8) is 0 Å². The Labute approximate surface area is 95.7 Å². The normalized spacial score (nSPS) is 16.4. The van der Waals surface area contributed by atoms with Gasteiger partial charge < -0.3 is 10.2 Å². The third-order valence-corrected chi connectivity index (χ3v) is 2.86. The van der Waals surface area contributed by atoms with Crippen LogP contribution in [0.25, 0.3) is 0 Å². The predicted molar refractivity (Wildman–Crippen MR) is 62.2 cm³/mol. The highest BCUT2D eigenvalue weighted by Gasteiger charge is 2.35. The van der Waals surface area contributed by atoms with E-state index in [1.807, 2.05) is 30.3 Å². The van der Waals surface area contributed by atoms with Gasteiger partial charge in [0.25, 0.3) is 0 Å². The fraction of sp³-hybridized carbons (Fsp3) is 0.462. The molecule has 3 heteroatoms. The number of carboxylic acid groups (broad SMARTS) is 1. The first-order valence-electron chi connectivity index (χ1n) is 5.46. The van der Waals surface area contributed by atoms with Gasteiger partial charge in [-0.15, -0.1) is 0 Å². The fourth-order valence-corrected chi connectivity index (χ4v) is 2.01. The lowest BCUT2D eigenvalue weighted by Crippen LogP contribution is -2.41. The Balaban J connectivity index is 2.81. The first-order chi connectivity index (χ1) is 7.47. The molecule has 1 rings (SSSR count). The smallest absolute Gasteiger partial charge is 0.309 e. The van der Waals surface area contributed by atoms with Crippen molar-refractivity contribution in [3.05, 3.63) is 35.9 Å². The van der Waals surface area contributed by atoms with E-state index in [4.69, 9.17) is 5.11 Å². The molecule has 0 fully saturated rings. The quantitative estimate of drug-likeness (QED) is 0.802. The Kier molecular flexibility index (Phi) is 4.07. The van der Waals surface area contributed by atoms with Crippen LogP contribution >= 0.6 is 0 Å². The molecule has 88 valence electrons.